The highest BCUT2D eigenvalue weighted by Crippen LogP contribution is 2.40. The van der Waals surface area contributed by atoms with Crippen molar-refractivity contribution in [2.45, 2.75) is 58.3 Å². The van der Waals surface area contributed by atoms with Crippen molar-refractivity contribution in [3.05, 3.63) is 30.0 Å². The maximum Gasteiger partial charge on any atom is 0.228 e. The summed E-state index contributed by atoms with van der Waals surface area (Å²) in [6, 6.07) is 6.45. The predicted molar refractivity (Wildman–Crippen MR) is 127 cm³/mol. The van der Waals surface area contributed by atoms with Crippen LogP contribution in [0.3, 0.4) is 0 Å². The fourth-order valence-corrected chi connectivity index (χ4v) is 5.36. The van der Waals surface area contributed by atoms with Crippen LogP contribution in [0, 0.1) is 28.6 Å². The molecule has 1 atom stereocenters. The number of nitriles is 1. The van der Waals surface area contributed by atoms with Crippen LogP contribution in [0.15, 0.2) is 24.4 Å². The first-order valence-corrected chi connectivity index (χ1v) is 12.2. The number of anilines is 1. The SMILES string of the molecule is C[C@@H]1CN(C(=O)CC2(C#N)CCCCC2)CC=C1c1cc(NC(=O)C2CC2)nc2[nH]ccc12. The molecule has 33 heavy (non-hydrogen) atoms. The van der Waals surface area contributed by atoms with Gasteiger partial charge in [-0.1, -0.05) is 32.3 Å². The molecule has 0 saturated heterocycles. The Kier molecular flexibility index (Phi) is 5.69. The second-order valence-corrected chi connectivity index (χ2v) is 10.0. The highest BCUT2D eigenvalue weighted by Gasteiger charge is 2.37. The Hall–Kier alpha value is -3.14. The van der Waals surface area contributed by atoms with Gasteiger partial charge < -0.3 is 15.2 Å². The van der Waals surface area contributed by atoms with E-state index in [0.717, 1.165) is 61.5 Å². The van der Waals surface area contributed by atoms with E-state index in [4.69, 9.17) is 0 Å². The number of H-pyrrole nitrogens is 1. The Morgan fingerprint density at radius 1 is 1.30 bits per heavy atom. The first-order chi connectivity index (χ1) is 16.0. The van der Waals surface area contributed by atoms with E-state index in [9.17, 15) is 14.9 Å². The minimum absolute atomic E-state index is 0.0379. The lowest BCUT2D eigenvalue weighted by atomic mass is 9.72. The molecule has 2 aliphatic carbocycles. The van der Waals surface area contributed by atoms with Crippen LogP contribution in [0.1, 0.15) is 63.9 Å². The van der Waals surface area contributed by atoms with E-state index in [1.54, 1.807) is 0 Å². The molecule has 3 aliphatic rings. The van der Waals surface area contributed by atoms with E-state index in [0.29, 0.717) is 25.3 Å². The fraction of sp³-hybridized carbons (Fsp3) is 0.538. The van der Waals surface area contributed by atoms with Gasteiger partial charge in [-0.15, -0.1) is 0 Å². The van der Waals surface area contributed by atoms with Crippen molar-refractivity contribution in [3.63, 3.8) is 0 Å². The molecule has 3 heterocycles. The summed E-state index contributed by atoms with van der Waals surface area (Å²) in [5.74, 6) is 0.939. The Balaban J connectivity index is 1.36. The monoisotopic (exact) mass is 445 g/mol. The Labute approximate surface area is 194 Å². The van der Waals surface area contributed by atoms with Crippen LogP contribution in [0.5, 0.6) is 0 Å². The number of fused-ring (bicyclic) bond motifs is 1. The molecule has 2 amide bonds. The third-order valence-electron chi connectivity index (χ3n) is 7.49. The van der Waals surface area contributed by atoms with Crippen LogP contribution in [0.25, 0.3) is 16.6 Å². The van der Waals surface area contributed by atoms with E-state index in [2.05, 4.69) is 34.4 Å². The van der Waals surface area contributed by atoms with Crippen molar-refractivity contribution in [2.24, 2.45) is 17.3 Å². The number of carbonyl (C=O) groups excluding carboxylic acids is 2. The normalized spacial score (nSPS) is 22.5. The van der Waals surface area contributed by atoms with Crippen LogP contribution < -0.4 is 5.32 Å². The van der Waals surface area contributed by atoms with Crippen molar-refractivity contribution < 1.29 is 9.59 Å². The number of aromatic amines is 1. The number of carbonyl (C=O) groups is 2. The van der Waals surface area contributed by atoms with Gasteiger partial charge in [-0.25, -0.2) is 4.98 Å². The van der Waals surface area contributed by atoms with E-state index in [-0.39, 0.29) is 23.7 Å². The molecule has 5 rings (SSSR count). The van der Waals surface area contributed by atoms with Gasteiger partial charge in [-0.2, -0.15) is 5.26 Å². The smallest absolute Gasteiger partial charge is 0.228 e. The summed E-state index contributed by atoms with van der Waals surface area (Å²) >= 11 is 0. The molecule has 0 bridgehead atoms. The van der Waals surface area contributed by atoms with Gasteiger partial charge in [-0.3, -0.25) is 9.59 Å². The molecule has 2 saturated carbocycles. The summed E-state index contributed by atoms with van der Waals surface area (Å²) in [6.07, 6.45) is 11.1. The standard InChI is InChI=1S/C26H31N5O2/c1-17-15-31(23(32)14-26(16-27)9-3-2-4-10-26)12-8-19(17)21-13-22(30-25(33)18-5-6-18)29-24-20(21)7-11-28-24/h7-8,11,13,17-18H,2-6,9-10,12,14-15H2,1H3,(H2,28,29,30,33)/t17-/m1/s1. The van der Waals surface area contributed by atoms with Gasteiger partial charge in [0.2, 0.25) is 11.8 Å². The van der Waals surface area contributed by atoms with Crippen molar-refractivity contribution in [1.82, 2.24) is 14.9 Å². The van der Waals surface area contributed by atoms with Gasteiger partial charge in [0.05, 0.1) is 11.5 Å². The molecule has 2 aromatic heterocycles. The van der Waals surface area contributed by atoms with Crippen LogP contribution >= 0.6 is 0 Å². The molecule has 172 valence electrons. The predicted octanol–water partition coefficient (Wildman–Crippen LogP) is 4.64. The zero-order valence-electron chi connectivity index (χ0n) is 19.2. The maximum absolute atomic E-state index is 13.1. The van der Waals surface area contributed by atoms with E-state index in [1.807, 2.05) is 23.2 Å². The molecule has 1 aliphatic heterocycles. The van der Waals surface area contributed by atoms with Crippen LogP contribution in [-0.4, -0.2) is 39.8 Å². The zero-order valence-corrected chi connectivity index (χ0v) is 19.2. The fourth-order valence-electron chi connectivity index (χ4n) is 5.36. The average molecular weight is 446 g/mol. The molecule has 0 spiro atoms. The lowest BCUT2D eigenvalue weighted by Gasteiger charge is -2.35. The number of nitrogens with zero attached hydrogens (tertiary/aromatic N) is 3. The van der Waals surface area contributed by atoms with Gasteiger partial charge in [0, 0.05) is 37.0 Å². The molecular weight excluding hydrogens is 414 g/mol. The minimum atomic E-state index is -0.486. The summed E-state index contributed by atoms with van der Waals surface area (Å²) in [5.41, 5.74) is 2.48. The topological polar surface area (TPSA) is 102 Å². The highest BCUT2D eigenvalue weighted by molar-refractivity contribution is 5.97. The number of aromatic nitrogens is 2. The number of pyridine rings is 1. The summed E-state index contributed by atoms with van der Waals surface area (Å²) in [4.78, 5) is 35.1. The third kappa shape index (κ3) is 4.39. The molecule has 2 N–H and O–H groups in total. The molecule has 0 radical (unpaired) electrons. The van der Waals surface area contributed by atoms with Gasteiger partial charge in [0.25, 0.3) is 0 Å². The van der Waals surface area contributed by atoms with Gasteiger partial charge in [0.1, 0.15) is 11.5 Å². The lowest BCUT2D eigenvalue weighted by molar-refractivity contribution is -0.133. The number of hydrogen-bond donors (Lipinski definition) is 2. The third-order valence-corrected chi connectivity index (χ3v) is 7.49. The van der Waals surface area contributed by atoms with Crippen molar-refractivity contribution in [3.8, 4) is 6.07 Å². The Morgan fingerprint density at radius 3 is 2.79 bits per heavy atom. The van der Waals surface area contributed by atoms with Crippen LogP contribution in [-0.2, 0) is 9.59 Å². The van der Waals surface area contributed by atoms with E-state index < -0.39 is 5.41 Å². The number of rotatable bonds is 5. The summed E-state index contributed by atoms with van der Waals surface area (Å²) in [7, 11) is 0. The summed E-state index contributed by atoms with van der Waals surface area (Å²) in [6.45, 7) is 3.30. The Morgan fingerprint density at radius 2 is 2.09 bits per heavy atom. The quantitative estimate of drug-likeness (QED) is 0.700. The van der Waals surface area contributed by atoms with Crippen molar-refractivity contribution in [1.29, 1.82) is 5.26 Å². The number of amides is 2. The largest absolute Gasteiger partial charge is 0.346 e. The van der Waals surface area contributed by atoms with Crippen molar-refractivity contribution >= 4 is 34.2 Å². The van der Waals surface area contributed by atoms with E-state index in [1.165, 1.54) is 5.57 Å². The second kappa shape index (κ2) is 8.66. The molecular formula is C26H31N5O2. The van der Waals surface area contributed by atoms with Crippen LogP contribution in [0.4, 0.5) is 5.82 Å². The zero-order chi connectivity index (χ0) is 23.0. The Bertz CT molecular complexity index is 1150. The minimum Gasteiger partial charge on any atom is -0.346 e. The summed E-state index contributed by atoms with van der Waals surface area (Å²) in [5, 5.41) is 13.8. The first kappa shape index (κ1) is 21.7. The molecule has 7 heteroatoms. The average Bonchev–Trinajstić information content (AvgIpc) is 3.57. The van der Waals surface area contributed by atoms with Gasteiger partial charge in [0.15, 0.2) is 0 Å². The molecule has 7 nitrogen and oxygen atoms in total. The van der Waals surface area contributed by atoms with E-state index >= 15 is 0 Å². The number of hydrogen-bond acceptors (Lipinski definition) is 4. The maximum atomic E-state index is 13.1. The van der Waals surface area contributed by atoms with Gasteiger partial charge in [-0.05, 0) is 54.9 Å². The molecule has 2 aromatic rings. The molecule has 2 fully saturated rings. The molecule has 0 aromatic carbocycles. The molecule has 0 unspecified atom stereocenters. The van der Waals surface area contributed by atoms with Gasteiger partial charge >= 0.3 is 0 Å². The van der Waals surface area contributed by atoms with Crippen LogP contribution in [0.2, 0.25) is 0 Å². The second-order valence-electron chi connectivity index (χ2n) is 10.0. The number of nitrogens with one attached hydrogen (secondary N) is 2. The van der Waals surface area contributed by atoms with Crippen molar-refractivity contribution in [2.75, 3.05) is 18.4 Å². The lowest BCUT2D eigenvalue weighted by Crippen LogP contribution is -2.41. The highest BCUT2D eigenvalue weighted by atomic mass is 16.2. The summed E-state index contributed by atoms with van der Waals surface area (Å²) < 4.78 is 0. The first-order valence-electron chi connectivity index (χ1n) is 12.2.